The molecule has 1 N–H and O–H groups in total. The predicted molar refractivity (Wildman–Crippen MR) is 59.4 cm³/mol. The van der Waals surface area contributed by atoms with E-state index in [0.717, 1.165) is 13.0 Å². The molecule has 0 fully saturated rings. The molecule has 1 aromatic carbocycles. The second kappa shape index (κ2) is 3.74. The van der Waals surface area contributed by atoms with Gasteiger partial charge >= 0.3 is 0 Å². The van der Waals surface area contributed by atoms with E-state index in [0.29, 0.717) is 11.8 Å². The molecule has 15 heavy (non-hydrogen) atoms. The summed E-state index contributed by atoms with van der Waals surface area (Å²) >= 11 is 0. The lowest BCUT2D eigenvalue weighted by atomic mass is 9.93. The van der Waals surface area contributed by atoms with E-state index < -0.39 is 0 Å². The summed E-state index contributed by atoms with van der Waals surface area (Å²) in [6, 6.07) is 4.15. The van der Waals surface area contributed by atoms with E-state index in [1.54, 1.807) is 7.11 Å². The van der Waals surface area contributed by atoms with Gasteiger partial charge in [0.05, 0.1) is 7.11 Å². The number of methoxy groups -OCH3 is 1. The zero-order valence-corrected chi connectivity index (χ0v) is 9.45. The molecule has 1 atom stereocenters. The number of rotatable bonds is 1. The SMILES string of the molecule is COc1cc2c(cc1O)[C@H](C)N(C)CC2. The lowest BCUT2D eigenvalue weighted by molar-refractivity contribution is 0.246. The Morgan fingerprint density at radius 3 is 2.87 bits per heavy atom. The Morgan fingerprint density at radius 2 is 2.20 bits per heavy atom. The van der Waals surface area contributed by atoms with Gasteiger partial charge in [-0.15, -0.1) is 0 Å². The fraction of sp³-hybridized carbons (Fsp3) is 0.500. The first-order valence-electron chi connectivity index (χ1n) is 5.23. The molecule has 2 rings (SSSR count). The number of phenolic OH excluding ortho intramolecular Hbond substituents is 1. The summed E-state index contributed by atoms with van der Waals surface area (Å²) < 4.78 is 5.11. The first kappa shape index (κ1) is 10.3. The van der Waals surface area contributed by atoms with Crippen LogP contribution >= 0.6 is 0 Å². The second-order valence-electron chi connectivity index (χ2n) is 4.13. The largest absolute Gasteiger partial charge is 0.504 e. The van der Waals surface area contributed by atoms with Crippen LogP contribution in [0.2, 0.25) is 0 Å². The van der Waals surface area contributed by atoms with Crippen molar-refractivity contribution in [1.82, 2.24) is 4.90 Å². The summed E-state index contributed by atoms with van der Waals surface area (Å²) in [6.45, 7) is 3.21. The molecule has 3 heteroatoms. The average Bonchev–Trinajstić information content (AvgIpc) is 2.24. The van der Waals surface area contributed by atoms with Gasteiger partial charge in [0.2, 0.25) is 0 Å². The molecule has 0 bridgehead atoms. The number of fused-ring (bicyclic) bond motifs is 1. The highest BCUT2D eigenvalue weighted by molar-refractivity contribution is 5.48. The molecular weight excluding hydrogens is 190 g/mol. The summed E-state index contributed by atoms with van der Waals surface area (Å²) in [6.07, 6.45) is 1.02. The zero-order valence-electron chi connectivity index (χ0n) is 9.45. The van der Waals surface area contributed by atoms with Gasteiger partial charge in [0, 0.05) is 12.6 Å². The van der Waals surface area contributed by atoms with Crippen molar-refractivity contribution in [2.45, 2.75) is 19.4 Å². The van der Waals surface area contributed by atoms with Crippen LogP contribution in [0.25, 0.3) is 0 Å². The maximum Gasteiger partial charge on any atom is 0.160 e. The quantitative estimate of drug-likeness (QED) is 0.764. The Hall–Kier alpha value is -1.22. The number of hydrogen-bond acceptors (Lipinski definition) is 3. The van der Waals surface area contributed by atoms with E-state index in [-0.39, 0.29) is 5.75 Å². The molecule has 1 aliphatic heterocycles. The molecule has 0 amide bonds. The molecule has 0 aliphatic carbocycles. The van der Waals surface area contributed by atoms with Crippen molar-refractivity contribution < 1.29 is 9.84 Å². The third-order valence-electron chi connectivity index (χ3n) is 3.29. The molecule has 82 valence electrons. The highest BCUT2D eigenvalue weighted by atomic mass is 16.5. The van der Waals surface area contributed by atoms with Crippen LogP contribution in [0.5, 0.6) is 11.5 Å². The fourth-order valence-corrected chi connectivity index (χ4v) is 2.12. The minimum Gasteiger partial charge on any atom is -0.504 e. The van der Waals surface area contributed by atoms with Crippen molar-refractivity contribution in [3.63, 3.8) is 0 Å². The van der Waals surface area contributed by atoms with E-state index in [1.165, 1.54) is 11.1 Å². The van der Waals surface area contributed by atoms with Crippen LogP contribution in [0.4, 0.5) is 0 Å². The Balaban J connectivity index is 2.47. The maximum absolute atomic E-state index is 9.73. The highest BCUT2D eigenvalue weighted by Crippen LogP contribution is 2.36. The summed E-state index contributed by atoms with van der Waals surface area (Å²) in [7, 11) is 3.69. The Labute approximate surface area is 90.3 Å². The van der Waals surface area contributed by atoms with Crippen molar-refractivity contribution in [3.8, 4) is 11.5 Å². The van der Waals surface area contributed by atoms with Crippen molar-refractivity contribution >= 4 is 0 Å². The van der Waals surface area contributed by atoms with Gasteiger partial charge < -0.3 is 9.84 Å². The average molecular weight is 207 g/mol. The fourth-order valence-electron chi connectivity index (χ4n) is 2.12. The normalized spacial score (nSPS) is 21.1. The van der Waals surface area contributed by atoms with Gasteiger partial charge in [-0.25, -0.2) is 0 Å². The molecule has 0 spiro atoms. The van der Waals surface area contributed by atoms with Crippen LogP contribution in [-0.4, -0.2) is 30.7 Å². The first-order chi connectivity index (χ1) is 7.13. The maximum atomic E-state index is 9.73. The third-order valence-corrected chi connectivity index (χ3v) is 3.29. The van der Waals surface area contributed by atoms with Crippen LogP contribution < -0.4 is 4.74 Å². The highest BCUT2D eigenvalue weighted by Gasteiger charge is 2.22. The summed E-state index contributed by atoms with van der Waals surface area (Å²) in [5.74, 6) is 0.809. The van der Waals surface area contributed by atoms with Gasteiger partial charge in [0.1, 0.15) is 0 Å². The van der Waals surface area contributed by atoms with E-state index in [9.17, 15) is 5.11 Å². The number of aromatic hydroxyl groups is 1. The Kier molecular flexibility index (Phi) is 2.57. The molecule has 1 aliphatic rings. The lowest BCUT2D eigenvalue weighted by Crippen LogP contribution is -2.30. The summed E-state index contributed by atoms with van der Waals surface area (Å²) in [5, 5.41) is 9.73. The van der Waals surface area contributed by atoms with Crippen LogP contribution in [-0.2, 0) is 6.42 Å². The molecule has 3 nitrogen and oxygen atoms in total. The van der Waals surface area contributed by atoms with Crippen molar-refractivity contribution in [1.29, 1.82) is 0 Å². The molecular formula is C12H17NO2. The van der Waals surface area contributed by atoms with Crippen molar-refractivity contribution in [3.05, 3.63) is 23.3 Å². The number of nitrogens with zero attached hydrogens (tertiary/aromatic N) is 1. The molecule has 0 saturated carbocycles. The van der Waals surface area contributed by atoms with Gasteiger partial charge in [-0.05, 0) is 43.7 Å². The van der Waals surface area contributed by atoms with Crippen LogP contribution in [0.1, 0.15) is 24.1 Å². The number of benzene rings is 1. The molecule has 0 saturated heterocycles. The van der Waals surface area contributed by atoms with Gasteiger partial charge in [-0.2, -0.15) is 0 Å². The van der Waals surface area contributed by atoms with Gasteiger partial charge in [0.15, 0.2) is 11.5 Å². The van der Waals surface area contributed by atoms with Gasteiger partial charge in [-0.3, -0.25) is 4.90 Å². The Bertz CT molecular complexity index is 376. The first-order valence-corrected chi connectivity index (χ1v) is 5.23. The topological polar surface area (TPSA) is 32.7 Å². The molecule has 0 aromatic heterocycles. The smallest absolute Gasteiger partial charge is 0.160 e. The summed E-state index contributed by atoms with van der Waals surface area (Å²) in [5.41, 5.74) is 2.50. The number of ether oxygens (including phenoxy) is 1. The predicted octanol–water partition coefficient (Wildman–Crippen LogP) is 1.95. The third kappa shape index (κ3) is 1.67. The minimum absolute atomic E-state index is 0.235. The molecule has 0 unspecified atom stereocenters. The van der Waals surface area contributed by atoms with E-state index in [2.05, 4.69) is 18.9 Å². The van der Waals surface area contributed by atoms with E-state index >= 15 is 0 Å². The minimum atomic E-state index is 0.235. The van der Waals surface area contributed by atoms with Crippen molar-refractivity contribution in [2.75, 3.05) is 20.7 Å². The lowest BCUT2D eigenvalue weighted by Gasteiger charge is -2.32. The van der Waals surface area contributed by atoms with Crippen LogP contribution in [0.3, 0.4) is 0 Å². The molecule has 0 radical (unpaired) electrons. The molecule has 1 heterocycles. The second-order valence-corrected chi connectivity index (χ2v) is 4.13. The number of hydrogen-bond donors (Lipinski definition) is 1. The number of likely N-dealkylation sites (N-methyl/N-ethyl adjacent to an activating group) is 1. The zero-order chi connectivity index (χ0) is 11.0. The Morgan fingerprint density at radius 1 is 1.47 bits per heavy atom. The molecule has 1 aromatic rings. The van der Waals surface area contributed by atoms with Gasteiger partial charge in [-0.1, -0.05) is 0 Å². The van der Waals surface area contributed by atoms with Crippen LogP contribution in [0.15, 0.2) is 12.1 Å². The van der Waals surface area contributed by atoms with E-state index in [1.807, 2.05) is 12.1 Å². The number of phenols is 1. The van der Waals surface area contributed by atoms with E-state index in [4.69, 9.17) is 4.74 Å². The van der Waals surface area contributed by atoms with Gasteiger partial charge in [0.25, 0.3) is 0 Å². The van der Waals surface area contributed by atoms with Crippen LogP contribution in [0, 0.1) is 0 Å². The van der Waals surface area contributed by atoms with Crippen molar-refractivity contribution in [2.24, 2.45) is 0 Å². The standard InChI is InChI=1S/C12H17NO2/c1-8-10-7-11(14)12(15-3)6-9(10)4-5-13(8)2/h6-8,14H,4-5H2,1-3H3/t8-/m0/s1. The monoisotopic (exact) mass is 207 g/mol. The summed E-state index contributed by atoms with van der Waals surface area (Å²) in [4.78, 5) is 2.29.